The summed E-state index contributed by atoms with van der Waals surface area (Å²) < 4.78 is 26.9. The number of benzene rings is 1. The molecule has 0 amide bonds. The van der Waals surface area contributed by atoms with Crippen LogP contribution in [0.4, 0.5) is 0 Å². The first-order valence-corrected chi connectivity index (χ1v) is 10.1. The SMILES string of the molecule is CC(CS(=O)(=O)N(C)C1CCCCC1Br)c1ccccc1. The van der Waals surface area contributed by atoms with Crippen molar-refractivity contribution < 1.29 is 8.42 Å². The van der Waals surface area contributed by atoms with E-state index in [2.05, 4.69) is 15.9 Å². The first-order valence-electron chi connectivity index (χ1n) is 7.56. The summed E-state index contributed by atoms with van der Waals surface area (Å²) in [5.41, 5.74) is 1.08. The smallest absolute Gasteiger partial charge is 0.212 e. The van der Waals surface area contributed by atoms with Gasteiger partial charge in [-0.1, -0.05) is 66.0 Å². The van der Waals surface area contributed by atoms with Gasteiger partial charge in [0.15, 0.2) is 0 Å². The Labute approximate surface area is 136 Å². The monoisotopic (exact) mass is 373 g/mol. The molecule has 0 bridgehead atoms. The molecular weight excluding hydrogens is 350 g/mol. The van der Waals surface area contributed by atoms with Crippen LogP contribution in [-0.2, 0) is 10.0 Å². The minimum atomic E-state index is -3.24. The van der Waals surface area contributed by atoms with Crippen molar-refractivity contribution >= 4 is 26.0 Å². The maximum atomic E-state index is 12.7. The average Bonchev–Trinajstić information content (AvgIpc) is 2.47. The summed E-state index contributed by atoms with van der Waals surface area (Å²) in [4.78, 5) is 0.276. The molecule has 0 spiro atoms. The molecule has 0 N–H and O–H groups in total. The van der Waals surface area contributed by atoms with Gasteiger partial charge in [-0.15, -0.1) is 0 Å². The van der Waals surface area contributed by atoms with Crippen LogP contribution in [0.25, 0.3) is 0 Å². The minimum Gasteiger partial charge on any atom is -0.212 e. The highest BCUT2D eigenvalue weighted by Crippen LogP contribution is 2.30. The molecule has 118 valence electrons. The number of rotatable bonds is 5. The van der Waals surface area contributed by atoms with Crippen LogP contribution < -0.4 is 0 Å². The summed E-state index contributed by atoms with van der Waals surface area (Å²) >= 11 is 3.65. The van der Waals surface area contributed by atoms with Crippen LogP contribution in [0.5, 0.6) is 0 Å². The molecule has 1 saturated carbocycles. The molecule has 1 fully saturated rings. The molecule has 21 heavy (non-hydrogen) atoms. The van der Waals surface area contributed by atoms with Gasteiger partial charge in [0.2, 0.25) is 10.0 Å². The summed E-state index contributed by atoms with van der Waals surface area (Å²) in [6.45, 7) is 1.98. The third-order valence-electron chi connectivity index (χ3n) is 4.38. The maximum absolute atomic E-state index is 12.7. The Morgan fingerprint density at radius 2 is 1.86 bits per heavy atom. The molecular formula is C16H24BrNO2S. The molecule has 0 heterocycles. The van der Waals surface area contributed by atoms with Crippen molar-refractivity contribution in [3.63, 3.8) is 0 Å². The lowest BCUT2D eigenvalue weighted by atomic mass is 9.96. The third-order valence-corrected chi connectivity index (χ3v) is 7.52. The average molecular weight is 374 g/mol. The van der Waals surface area contributed by atoms with E-state index in [0.717, 1.165) is 24.8 Å². The highest BCUT2D eigenvalue weighted by Gasteiger charge is 2.33. The second kappa shape index (κ2) is 7.25. The summed E-state index contributed by atoms with van der Waals surface area (Å²) in [7, 11) is -1.50. The van der Waals surface area contributed by atoms with Gasteiger partial charge in [-0.05, 0) is 24.3 Å². The lowest BCUT2D eigenvalue weighted by Gasteiger charge is -2.34. The van der Waals surface area contributed by atoms with Gasteiger partial charge >= 0.3 is 0 Å². The molecule has 0 aromatic heterocycles. The maximum Gasteiger partial charge on any atom is 0.214 e. The van der Waals surface area contributed by atoms with Crippen molar-refractivity contribution in [2.24, 2.45) is 0 Å². The molecule has 1 aliphatic rings. The second-order valence-corrected chi connectivity index (χ2v) is 9.22. The highest BCUT2D eigenvalue weighted by molar-refractivity contribution is 9.09. The zero-order valence-corrected chi connectivity index (χ0v) is 15.1. The van der Waals surface area contributed by atoms with Crippen LogP contribution in [0.15, 0.2) is 30.3 Å². The van der Waals surface area contributed by atoms with E-state index in [9.17, 15) is 8.42 Å². The van der Waals surface area contributed by atoms with Gasteiger partial charge in [-0.2, -0.15) is 0 Å². The number of sulfonamides is 1. The molecule has 0 radical (unpaired) electrons. The molecule has 5 heteroatoms. The first kappa shape index (κ1) is 17.0. The largest absolute Gasteiger partial charge is 0.214 e. The van der Waals surface area contributed by atoms with Crippen LogP contribution in [0.1, 0.15) is 44.1 Å². The molecule has 3 nitrogen and oxygen atoms in total. The van der Waals surface area contributed by atoms with Crippen molar-refractivity contribution in [3.8, 4) is 0 Å². The van der Waals surface area contributed by atoms with E-state index in [1.54, 1.807) is 11.4 Å². The number of hydrogen-bond donors (Lipinski definition) is 0. The van der Waals surface area contributed by atoms with Crippen molar-refractivity contribution in [2.45, 2.75) is 49.4 Å². The molecule has 0 aliphatic heterocycles. The summed E-state index contributed by atoms with van der Waals surface area (Å²) in [6.07, 6.45) is 4.30. The van der Waals surface area contributed by atoms with E-state index in [1.807, 2.05) is 37.3 Å². The molecule has 3 atom stereocenters. The van der Waals surface area contributed by atoms with E-state index in [-0.39, 0.29) is 22.5 Å². The second-order valence-electron chi connectivity index (χ2n) is 5.97. The summed E-state index contributed by atoms with van der Waals surface area (Å²) in [5, 5.41) is 0. The highest BCUT2D eigenvalue weighted by atomic mass is 79.9. The predicted molar refractivity (Wildman–Crippen MR) is 91.4 cm³/mol. The lowest BCUT2D eigenvalue weighted by Crippen LogP contribution is -2.45. The van der Waals surface area contributed by atoms with Crippen LogP contribution in [0, 0.1) is 0 Å². The summed E-state index contributed by atoms with van der Waals surface area (Å²) in [6, 6.07) is 9.94. The van der Waals surface area contributed by atoms with Crippen LogP contribution in [-0.4, -0.2) is 36.4 Å². The van der Waals surface area contributed by atoms with Crippen molar-refractivity contribution in [3.05, 3.63) is 35.9 Å². The van der Waals surface area contributed by atoms with Crippen molar-refractivity contribution in [2.75, 3.05) is 12.8 Å². The number of hydrogen-bond acceptors (Lipinski definition) is 2. The predicted octanol–water partition coefficient (Wildman–Crippen LogP) is 3.76. The topological polar surface area (TPSA) is 37.4 Å². The van der Waals surface area contributed by atoms with E-state index < -0.39 is 10.0 Å². The third kappa shape index (κ3) is 4.30. The minimum absolute atomic E-state index is 0.0102. The Bertz CT molecular complexity index is 547. The Hall–Kier alpha value is -0.390. The van der Waals surface area contributed by atoms with Gasteiger partial charge in [0.1, 0.15) is 0 Å². The number of nitrogens with zero attached hydrogens (tertiary/aromatic N) is 1. The van der Waals surface area contributed by atoms with E-state index in [1.165, 1.54) is 6.42 Å². The molecule has 1 aromatic rings. The van der Waals surface area contributed by atoms with E-state index >= 15 is 0 Å². The number of alkyl halides is 1. The quantitative estimate of drug-likeness (QED) is 0.736. The van der Waals surface area contributed by atoms with E-state index in [0.29, 0.717) is 0 Å². The zero-order valence-electron chi connectivity index (χ0n) is 12.7. The van der Waals surface area contributed by atoms with Gasteiger partial charge in [0, 0.05) is 17.9 Å². The fraction of sp³-hybridized carbons (Fsp3) is 0.625. The Kier molecular flexibility index (Phi) is 5.86. The van der Waals surface area contributed by atoms with Crippen molar-refractivity contribution in [1.82, 2.24) is 4.31 Å². The van der Waals surface area contributed by atoms with Crippen LogP contribution >= 0.6 is 15.9 Å². The normalized spacial score (nSPS) is 25.0. The Balaban J connectivity index is 2.07. The lowest BCUT2D eigenvalue weighted by molar-refractivity contribution is 0.296. The fourth-order valence-electron chi connectivity index (χ4n) is 2.99. The molecule has 3 unspecified atom stereocenters. The molecule has 0 saturated heterocycles. The van der Waals surface area contributed by atoms with Gasteiger partial charge < -0.3 is 0 Å². The van der Waals surface area contributed by atoms with Crippen LogP contribution in [0.3, 0.4) is 0 Å². The Morgan fingerprint density at radius 1 is 1.24 bits per heavy atom. The van der Waals surface area contributed by atoms with Gasteiger partial charge in [0.25, 0.3) is 0 Å². The van der Waals surface area contributed by atoms with Gasteiger partial charge in [-0.25, -0.2) is 12.7 Å². The first-order chi connectivity index (χ1) is 9.92. The Morgan fingerprint density at radius 3 is 2.48 bits per heavy atom. The molecule has 1 aliphatic carbocycles. The standard InChI is InChI=1S/C16H24BrNO2S/c1-13(14-8-4-3-5-9-14)12-21(19,20)18(2)16-11-7-6-10-15(16)17/h3-5,8-9,13,15-16H,6-7,10-12H2,1-2H3. The van der Waals surface area contributed by atoms with E-state index in [4.69, 9.17) is 0 Å². The number of halogens is 1. The zero-order chi connectivity index (χ0) is 15.5. The molecule has 1 aromatic carbocycles. The van der Waals surface area contributed by atoms with Crippen LogP contribution in [0.2, 0.25) is 0 Å². The van der Waals surface area contributed by atoms with Gasteiger partial charge in [0.05, 0.1) is 5.75 Å². The molecule has 2 rings (SSSR count). The summed E-state index contributed by atoms with van der Waals surface area (Å²) in [5.74, 6) is 0.181. The fourth-order valence-corrected chi connectivity index (χ4v) is 5.82. The van der Waals surface area contributed by atoms with Gasteiger partial charge in [-0.3, -0.25) is 0 Å². The van der Waals surface area contributed by atoms with Crippen molar-refractivity contribution in [1.29, 1.82) is 0 Å².